The van der Waals surface area contributed by atoms with Gasteiger partial charge in [-0.1, -0.05) is 0 Å². The third-order valence-corrected chi connectivity index (χ3v) is 3.49. The lowest BCUT2D eigenvalue weighted by Crippen LogP contribution is -2.43. The van der Waals surface area contributed by atoms with Crippen molar-refractivity contribution in [3.8, 4) is 17.2 Å². The average molecular weight is 310 g/mol. The molecule has 7 heteroatoms. The standard InChI is InChI=1S/C15H22N2O5/c1-19-12-8-11(9-13(20-2)14(12)21-3)15(18)16-10-17-4-6-22-7-5-17/h8-9H,4-7,10H2,1-3H3,(H,16,18). The maximum atomic E-state index is 12.3. The molecule has 0 aromatic heterocycles. The molecule has 0 atom stereocenters. The summed E-state index contributed by atoms with van der Waals surface area (Å²) >= 11 is 0. The molecule has 0 saturated carbocycles. The monoisotopic (exact) mass is 310 g/mol. The van der Waals surface area contributed by atoms with Crippen LogP contribution in [0.3, 0.4) is 0 Å². The van der Waals surface area contributed by atoms with Crippen LogP contribution >= 0.6 is 0 Å². The maximum absolute atomic E-state index is 12.3. The van der Waals surface area contributed by atoms with Gasteiger partial charge in [0.15, 0.2) is 11.5 Å². The molecular weight excluding hydrogens is 288 g/mol. The molecule has 1 aliphatic heterocycles. The molecule has 1 aromatic rings. The molecule has 1 aliphatic rings. The zero-order chi connectivity index (χ0) is 15.9. The van der Waals surface area contributed by atoms with E-state index in [9.17, 15) is 4.79 Å². The normalized spacial score (nSPS) is 15.2. The van der Waals surface area contributed by atoms with Crippen molar-refractivity contribution in [3.63, 3.8) is 0 Å². The zero-order valence-electron chi connectivity index (χ0n) is 13.2. The minimum absolute atomic E-state index is 0.189. The highest BCUT2D eigenvalue weighted by Gasteiger charge is 2.18. The van der Waals surface area contributed by atoms with Crippen LogP contribution < -0.4 is 19.5 Å². The van der Waals surface area contributed by atoms with Gasteiger partial charge >= 0.3 is 0 Å². The van der Waals surface area contributed by atoms with Crippen molar-refractivity contribution in [2.24, 2.45) is 0 Å². The highest BCUT2D eigenvalue weighted by molar-refractivity contribution is 5.95. The molecule has 1 fully saturated rings. The van der Waals surface area contributed by atoms with Crippen LogP contribution in [0.15, 0.2) is 12.1 Å². The lowest BCUT2D eigenvalue weighted by atomic mass is 10.1. The molecular formula is C15H22N2O5. The Morgan fingerprint density at radius 1 is 1.14 bits per heavy atom. The fourth-order valence-electron chi connectivity index (χ4n) is 2.26. The first-order valence-electron chi connectivity index (χ1n) is 7.08. The van der Waals surface area contributed by atoms with Crippen molar-refractivity contribution in [2.45, 2.75) is 0 Å². The van der Waals surface area contributed by atoms with E-state index in [1.165, 1.54) is 21.3 Å². The van der Waals surface area contributed by atoms with E-state index in [1.54, 1.807) is 12.1 Å². The summed E-state index contributed by atoms with van der Waals surface area (Å²) in [4.78, 5) is 14.4. The summed E-state index contributed by atoms with van der Waals surface area (Å²) in [7, 11) is 4.57. The molecule has 122 valence electrons. The summed E-state index contributed by atoms with van der Waals surface area (Å²) in [6, 6.07) is 3.27. The lowest BCUT2D eigenvalue weighted by molar-refractivity contribution is 0.0334. The summed E-state index contributed by atoms with van der Waals surface area (Å²) in [5.41, 5.74) is 0.461. The van der Waals surface area contributed by atoms with Gasteiger partial charge in [-0.2, -0.15) is 0 Å². The third-order valence-electron chi connectivity index (χ3n) is 3.49. The van der Waals surface area contributed by atoms with Crippen molar-refractivity contribution in [2.75, 3.05) is 54.3 Å². The van der Waals surface area contributed by atoms with Gasteiger partial charge in [0.1, 0.15) is 0 Å². The number of rotatable bonds is 6. The number of ether oxygens (including phenoxy) is 4. The molecule has 0 aliphatic carbocycles. The fourth-order valence-corrected chi connectivity index (χ4v) is 2.26. The van der Waals surface area contributed by atoms with Crippen molar-refractivity contribution in [1.82, 2.24) is 10.2 Å². The number of hydrogen-bond acceptors (Lipinski definition) is 6. The Bertz CT molecular complexity index is 490. The van der Waals surface area contributed by atoms with Crippen molar-refractivity contribution < 1.29 is 23.7 Å². The van der Waals surface area contributed by atoms with E-state index in [0.717, 1.165) is 13.1 Å². The van der Waals surface area contributed by atoms with Crippen LogP contribution in [0.4, 0.5) is 0 Å². The second-order valence-electron chi connectivity index (χ2n) is 4.81. The number of nitrogens with zero attached hydrogens (tertiary/aromatic N) is 1. The highest BCUT2D eigenvalue weighted by Crippen LogP contribution is 2.38. The number of nitrogens with one attached hydrogen (secondary N) is 1. The molecule has 0 bridgehead atoms. The quantitative estimate of drug-likeness (QED) is 0.835. The summed E-state index contributed by atoms with van der Waals surface area (Å²) < 4.78 is 21.0. The number of hydrogen-bond donors (Lipinski definition) is 1. The van der Waals surface area contributed by atoms with E-state index < -0.39 is 0 Å². The second-order valence-corrected chi connectivity index (χ2v) is 4.81. The Labute approximate surface area is 130 Å². The lowest BCUT2D eigenvalue weighted by Gasteiger charge is -2.26. The van der Waals surface area contributed by atoms with Crippen LogP contribution in [0.2, 0.25) is 0 Å². The van der Waals surface area contributed by atoms with Gasteiger partial charge < -0.3 is 24.3 Å². The second kappa shape index (κ2) is 7.86. The van der Waals surface area contributed by atoms with Crippen molar-refractivity contribution in [3.05, 3.63) is 17.7 Å². The molecule has 2 rings (SSSR count). The number of morpholine rings is 1. The van der Waals surface area contributed by atoms with Gasteiger partial charge in [0.05, 0.1) is 41.2 Å². The van der Waals surface area contributed by atoms with Crippen LogP contribution in [-0.2, 0) is 4.74 Å². The van der Waals surface area contributed by atoms with Gasteiger partial charge in [-0.15, -0.1) is 0 Å². The van der Waals surface area contributed by atoms with Crippen molar-refractivity contribution >= 4 is 5.91 Å². The van der Waals surface area contributed by atoms with Crippen molar-refractivity contribution in [1.29, 1.82) is 0 Å². The Kier molecular flexibility index (Phi) is 5.85. The molecule has 0 spiro atoms. The van der Waals surface area contributed by atoms with Gasteiger partial charge in [0.25, 0.3) is 5.91 Å². The molecule has 1 saturated heterocycles. The smallest absolute Gasteiger partial charge is 0.252 e. The van der Waals surface area contributed by atoms with Gasteiger partial charge in [0.2, 0.25) is 5.75 Å². The van der Waals surface area contributed by atoms with E-state index in [1.807, 2.05) is 0 Å². The van der Waals surface area contributed by atoms with Gasteiger partial charge in [0, 0.05) is 18.7 Å². The summed E-state index contributed by atoms with van der Waals surface area (Å²) in [5, 5.41) is 2.89. The number of methoxy groups -OCH3 is 3. The molecule has 1 aromatic carbocycles. The van der Waals surface area contributed by atoms with Crippen LogP contribution in [0.25, 0.3) is 0 Å². The van der Waals surface area contributed by atoms with Crippen LogP contribution in [0.5, 0.6) is 17.2 Å². The minimum Gasteiger partial charge on any atom is -0.493 e. The average Bonchev–Trinajstić information content (AvgIpc) is 2.59. The van der Waals surface area contributed by atoms with Gasteiger partial charge in [-0.05, 0) is 12.1 Å². The number of amides is 1. The topological polar surface area (TPSA) is 69.3 Å². The molecule has 22 heavy (non-hydrogen) atoms. The first-order chi connectivity index (χ1) is 10.7. The van der Waals surface area contributed by atoms with E-state index in [0.29, 0.717) is 42.7 Å². The Hall–Kier alpha value is -1.99. The predicted molar refractivity (Wildman–Crippen MR) is 80.8 cm³/mol. The Balaban J connectivity index is 2.08. The summed E-state index contributed by atoms with van der Waals surface area (Å²) in [6.07, 6.45) is 0. The SMILES string of the molecule is COc1cc(C(=O)NCN2CCOCC2)cc(OC)c1OC. The largest absolute Gasteiger partial charge is 0.493 e. The predicted octanol–water partition coefficient (Wildman–Crippen LogP) is 0.732. The summed E-state index contributed by atoms with van der Waals surface area (Å²) in [6.45, 7) is 3.50. The van der Waals surface area contributed by atoms with Crippen LogP contribution in [-0.4, -0.2) is 65.1 Å². The minimum atomic E-state index is -0.189. The Morgan fingerprint density at radius 3 is 2.23 bits per heavy atom. The Morgan fingerprint density at radius 2 is 1.73 bits per heavy atom. The van der Waals surface area contributed by atoms with Crippen LogP contribution in [0, 0.1) is 0 Å². The number of carbonyl (C=O) groups excluding carboxylic acids is 1. The fraction of sp³-hybridized carbons (Fsp3) is 0.533. The third kappa shape index (κ3) is 3.80. The molecule has 1 N–H and O–H groups in total. The molecule has 0 radical (unpaired) electrons. The highest BCUT2D eigenvalue weighted by atomic mass is 16.5. The van der Waals surface area contributed by atoms with E-state index in [2.05, 4.69) is 10.2 Å². The molecule has 1 amide bonds. The number of carbonyl (C=O) groups is 1. The van der Waals surface area contributed by atoms with Gasteiger partial charge in [-0.3, -0.25) is 9.69 Å². The molecule has 1 heterocycles. The maximum Gasteiger partial charge on any atom is 0.252 e. The molecule has 0 unspecified atom stereocenters. The summed E-state index contributed by atoms with van der Waals surface area (Å²) in [5.74, 6) is 1.19. The van der Waals surface area contributed by atoms with E-state index in [-0.39, 0.29) is 5.91 Å². The number of benzene rings is 1. The van der Waals surface area contributed by atoms with E-state index >= 15 is 0 Å². The van der Waals surface area contributed by atoms with Crippen LogP contribution in [0.1, 0.15) is 10.4 Å². The first-order valence-corrected chi connectivity index (χ1v) is 7.08. The zero-order valence-corrected chi connectivity index (χ0v) is 13.2. The van der Waals surface area contributed by atoms with E-state index in [4.69, 9.17) is 18.9 Å². The van der Waals surface area contributed by atoms with Gasteiger partial charge in [-0.25, -0.2) is 0 Å². The molecule has 7 nitrogen and oxygen atoms in total. The first kappa shape index (κ1) is 16.4.